The summed E-state index contributed by atoms with van der Waals surface area (Å²) < 4.78 is 0. The Kier molecular flexibility index (Phi) is 7.05. The topological polar surface area (TPSA) is 61.6 Å². The van der Waals surface area contributed by atoms with Gasteiger partial charge in [-0.25, -0.2) is 4.79 Å². The van der Waals surface area contributed by atoms with E-state index in [1.54, 1.807) is 0 Å². The van der Waals surface area contributed by atoms with E-state index in [4.69, 9.17) is 5.73 Å². The van der Waals surface area contributed by atoms with Gasteiger partial charge in [0.25, 0.3) is 0 Å². The number of nitrogens with one attached hydrogen (secondary N) is 1. The Labute approximate surface area is 111 Å². The van der Waals surface area contributed by atoms with E-state index in [0.29, 0.717) is 6.04 Å². The van der Waals surface area contributed by atoms with Crippen molar-refractivity contribution in [2.75, 3.05) is 39.3 Å². The lowest BCUT2D eigenvalue weighted by Gasteiger charge is -2.39. The Morgan fingerprint density at radius 3 is 2.44 bits per heavy atom. The van der Waals surface area contributed by atoms with Gasteiger partial charge >= 0.3 is 6.03 Å². The standard InChI is InChI=1S/C13H28N4O/c1-3-7-15-13(18)17-10-8-16(9-11-17)12(4-2)5-6-14/h12H,3-11,14H2,1-2H3,(H,15,18). The van der Waals surface area contributed by atoms with Crippen LogP contribution in [0, 0.1) is 0 Å². The van der Waals surface area contributed by atoms with Crippen LogP contribution >= 0.6 is 0 Å². The van der Waals surface area contributed by atoms with Crippen LogP contribution in [-0.2, 0) is 0 Å². The van der Waals surface area contributed by atoms with Gasteiger partial charge in [-0.3, -0.25) is 4.90 Å². The van der Waals surface area contributed by atoms with Crippen LogP contribution in [0.15, 0.2) is 0 Å². The first-order chi connectivity index (χ1) is 8.72. The number of amides is 2. The average molecular weight is 256 g/mol. The lowest BCUT2D eigenvalue weighted by molar-refractivity contribution is 0.103. The van der Waals surface area contributed by atoms with Crippen molar-refractivity contribution in [1.82, 2.24) is 15.1 Å². The Morgan fingerprint density at radius 1 is 1.28 bits per heavy atom. The van der Waals surface area contributed by atoms with Crippen molar-refractivity contribution in [3.05, 3.63) is 0 Å². The minimum absolute atomic E-state index is 0.0865. The molecule has 3 N–H and O–H groups in total. The summed E-state index contributed by atoms with van der Waals surface area (Å²) in [5.41, 5.74) is 5.64. The number of piperazine rings is 1. The van der Waals surface area contributed by atoms with Crippen LogP contribution in [0.5, 0.6) is 0 Å². The van der Waals surface area contributed by atoms with Crippen molar-refractivity contribution in [3.63, 3.8) is 0 Å². The van der Waals surface area contributed by atoms with Crippen molar-refractivity contribution in [3.8, 4) is 0 Å². The number of nitrogens with zero attached hydrogens (tertiary/aromatic N) is 2. The van der Waals surface area contributed by atoms with Crippen molar-refractivity contribution in [1.29, 1.82) is 0 Å². The molecule has 5 nitrogen and oxygen atoms in total. The SMILES string of the molecule is CCCNC(=O)N1CCN(C(CC)CCN)CC1. The highest BCUT2D eigenvalue weighted by Gasteiger charge is 2.24. The van der Waals surface area contributed by atoms with E-state index in [0.717, 1.165) is 58.5 Å². The third-order valence-electron chi connectivity index (χ3n) is 3.62. The zero-order valence-electron chi connectivity index (χ0n) is 11.8. The van der Waals surface area contributed by atoms with Gasteiger partial charge in [-0.1, -0.05) is 13.8 Å². The summed E-state index contributed by atoms with van der Waals surface area (Å²) in [6, 6.07) is 0.666. The van der Waals surface area contributed by atoms with Crippen LogP contribution < -0.4 is 11.1 Å². The molecular formula is C13H28N4O. The highest BCUT2D eigenvalue weighted by Crippen LogP contribution is 2.11. The van der Waals surface area contributed by atoms with Crippen LogP contribution in [0.25, 0.3) is 0 Å². The summed E-state index contributed by atoms with van der Waals surface area (Å²) in [5.74, 6) is 0. The zero-order chi connectivity index (χ0) is 13.4. The van der Waals surface area contributed by atoms with E-state index in [1.165, 1.54) is 0 Å². The maximum atomic E-state index is 11.8. The van der Waals surface area contributed by atoms with Gasteiger partial charge in [0.05, 0.1) is 0 Å². The van der Waals surface area contributed by atoms with Gasteiger partial charge in [-0.15, -0.1) is 0 Å². The Morgan fingerprint density at radius 2 is 1.94 bits per heavy atom. The molecule has 5 heteroatoms. The molecule has 0 spiro atoms. The van der Waals surface area contributed by atoms with Gasteiger partial charge in [0, 0.05) is 38.8 Å². The van der Waals surface area contributed by atoms with E-state index in [1.807, 2.05) is 4.90 Å². The number of nitrogens with two attached hydrogens (primary N) is 1. The molecule has 1 atom stereocenters. The molecule has 1 fully saturated rings. The maximum absolute atomic E-state index is 11.8. The number of hydrogen-bond donors (Lipinski definition) is 2. The zero-order valence-corrected chi connectivity index (χ0v) is 11.8. The lowest BCUT2D eigenvalue weighted by atomic mass is 10.1. The van der Waals surface area contributed by atoms with Gasteiger partial charge in [-0.05, 0) is 25.8 Å². The normalized spacial score (nSPS) is 18.7. The van der Waals surface area contributed by atoms with Crippen molar-refractivity contribution in [2.24, 2.45) is 5.73 Å². The van der Waals surface area contributed by atoms with Gasteiger partial charge in [0.15, 0.2) is 0 Å². The highest BCUT2D eigenvalue weighted by molar-refractivity contribution is 5.74. The molecule has 0 aromatic carbocycles. The quantitative estimate of drug-likeness (QED) is 0.740. The number of carbonyl (C=O) groups is 1. The van der Waals surface area contributed by atoms with E-state index < -0.39 is 0 Å². The van der Waals surface area contributed by atoms with E-state index in [-0.39, 0.29) is 6.03 Å². The second-order valence-electron chi connectivity index (χ2n) is 4.89. The van der Waals surface area contributed by atoms with Gasteiger partial charge in [-0.2, -0.15) is 0 Å². The predicted octanol–water partition coefficient (Wildman–Crippen LogP) is 0.851. The smallest absolute Gasteiger partial charge is 0.317 e. The Hall–Kier alpha value is -0.810. The van der Waals surface area contributed by atoms with Crippen molar-refractivity contribution < 1.29 is 4.79 Å². The molecule has 2 amide bonds. The summed E-state index contributed by atoms with van der Waals surface area (Å²) in [5, 5.41) is 2.93. The predicted molar refractivity (Wildman–Crippen MR) is 74.6 cm³/mol. The van der Waals surface area contributed by atoms with Crippen LogP contribution in [0.2, 0.25) is 0 Å². The number of carbonyl (C=O) groups excluding carboxylic acids is 1. The van der Waals surface area contributed by atoms with E-state index in [9.17, 15) is 4.79 Å². The maximum Gasteiger partial charge on any atom is 0.317 e. The van der Waals surface area contributed by atoms with E-state index in [2.05, 4.69) is 24.1 Å². The van der Waals surface area contributed by atoms with Crippen LogP contribution in [0.4, 0.5) is 4.79 Å². The third kappa shape index (κ3) is 4.46. The Balaban J connectivity index is 2.33. The monoisotopic (exact) mass is 256 g/mol. The summed E-state index contributed by atoms with van der Waals surface area (Å²) >= 11 is 0. The molecule has 1 aliphatic heterocycles. The molecule has 1 rings (SSSR count). The third-order valence-corrected chi connectivity index (χ3v) is 3.62. The number of urea groups is 1. The molecule has 0 aliphatic carbocycles. The van der Waals surface area contributed by atoms with Crippen molar-refractivity contribution in [2.45, 2.75) is 39.2 Å². The van der Waals surface area contributed by atoms with Gasteiger partial charge in [0.1, 0.15) is 0 Å². The molecule has 1 aliphatic rings. The molecule has 1 unspecified atom stereocenters. The molecule has 1 saturated heterocycles. The highest BCUT2D eigenvalue weighted by atomic mass is 16.2. The molecule has 106 valence electrons. The van der Waals surface area contributed by atoms with Crippen LogP contribution in [-0.4, -0.2) is 61.1 Å². The number of rotatable bonds is 6. The molecule has 0 bridgehead atoms. The second kappa shape index (κ2) is 8.32. The second-order valence-corrected chi connectivity index (χ2v) is 4.89. The minimum atomic E-state index is 0.0865. The summed E-state index contributed by atoms with van der Waals surface area (Å²) in [6.07, 6.45) is 3.18. The summed E-state index contributed by atoms with van der Waals surface area (Å²) in [6.45, 7) is 9.39. The van der Waals surface area contributed by atoms with Gasteiger partial charge < -0.3 is 16.0 Å². The molecule has 0 aromatic heterocycles. The number of hydrogen-bond acceptors (Lipinski definition) is 3. The molecule has 18 heavy (non-hydrogen) atoms. The Bertz CT molecular complexity index is 239. The largest absolute Gasteiger partial charge is 0.338 e. The molecular weight excluding hydrogens is 228 g/mol. The average Bonchev–Trinajstić information content (AvgIpc) is 2.42. The molecule has 0 saturated carbocycles. The minimum Gasteiger partial charge on any atom is -0.338 e. The fourth-order valence-corrected chi connectivity index (χ4v) is 2.47. The lowest BCUT2D eigenvalue weighted by Crippen LogP contribution is -2.54. The molecule has 0 radical (unpaired) electrons. The summed E-state index contributed by atoms with van der Waals surface area (Å²) in [7, 11) is 0. The fraction of sp³-hybridized carbons (Fsp3) is 0.923. The molecule has 0 aromatic rings. The van der Waals surface area contributed by atoms with Gasteiger partial charge in [0.2, 0.25) is 0 Å². The fourth-order valence-electron chi connectivity index (χ4n) is 2.47. The van der Waals surface area contributed by atoms with Crippen LogP contribution in [0.3, 0.4) is 0 Å². The van der Waals surface area contributed by atoms with Crippen molar-refractivity contribution >= 4 is 6.03 Å². The molecule has 1 heterocycles. The van der Waals surface area contributed by atoms with E-state index >= 15 is 0 Å². The summed E-state index contributed by atoms with van der Waals surface area (Å²) in [4.78, 5) is 16.2. The first-order valence-corrected chi connectivity index (χ1v) is 7.19. The van der Waals surface area contributed by atoms with Crippen LogP contribution in [0.1, 0.15) is 33.1 Å². The first kappa shape index (κ1) is 15.2. The first-order valence-electron chi connectivity index (χ1n) is 7.19.